The van der Waals surface area contributed by atoms with E-state index in [-0.39, 0.29) is 10.7 Å². The van der Waals surface area contributed by atoms with E-state index < -0.39 is 4.92 Å². The summed E-state index contributed by atoms with van der Waals surface area (Å²) in [4.78, 5) is 14.4. The zero-order valence-electron chi connectivity index (χ0n) is 10.3. The minimum absolute atomic E-state index is 0.0966. The molecule has 2 aromatic rings. The summed E-state index contributed by atoms with van der Waals surface area (Å²) in [5.41, 5.74) is 2.61. The Bertz CT molecular complexity index is 599. The first-order valence-corrected chi connectivity index (χ1v) is 6.03. The molecule has 1 heterocycles. The van der Waals surface area contributed by atoms with Crippen LogP contribution in [0.3, 0.4) is 0 Å². The van der Waals surface area contributed by atoms with E-state index in [1.54, 1.807) is 12.3 Å². The van der Waals surface area contributed by atoms with Crippen molar-refractivity contribution in [1.82, 2.24) is 4.98 Å². The molecule has 6 heteroatoms. The Kier molecular flexibility index (Phi) is 3.97. The first-order chi connectivity index (χ1) is 9.06. The lowest BCUT2D eigenvalue weighted by molar-refractivity contribution is -0.384. The minimum Gasteiger partial charge on any atom is -0.379 e. The molecule has 1 aromatic heterocycles. The van der Waals surface area contributed by atoms with Gasteiger partial charge in [-0.05, 0) is 30.7 Å². The fourth-order valence-electron chi connectivity index (χ4n) is 1.56. The second-order valence-electron chi connectivity index (χ2n) is 4.10. The number of halogens is 1. The van der Waals surface area contributed by atoms with Crippen LogP contribution in [0.5, 0.6) is 0 Å². The van der Waals surface area contributed by atoms with Crippen molar-refractivity contribution in [2.45, 2.75) is 13.5 Å². The first kappa shape index (κ1) is 13.3. The van der Waals surface area contributed by atoms with Crippen LogP contribution in [-0.2, 0) is 6.54 Å². The Morgan fingerprint density at radius 3 is 2.74 bits per heavy atom. The van der Waals surface area contributed by atoms with E-state index in [2.05, 4.69) is 10.3 Å². The molecule has 0 aliphatic heterocycles. The van der Waals surface area contributed by atoms with Crippen molar-refractivity contribution in [3.8, 4) is 0 Å². The summed E-state index contributed by atoms with van der Waals surface area (Å²) in [6, 6.07) is 8.45. The minimum atomic E-state index is -0.506. The SMILES string of the molecule is Cc1ccc(CNc2ccc([N+](=O)[O-])c(Cl)c2)nc1. The smallest absolute Gasteiger partial charge is 0.288 e. The van der Waals surface area contributed by atoms with Crippen LogP contribution in [0.4, 0.5) is 11.4 Å². The molecule has 0 spiro atoms. The lowest BCUT2D eigenvalue weighted by atomic mass is 10.2. The largest absolute Gasteiger partial charge is 0.379 e. The van der Waals surface area contributed by atoms with Crippen molar-refractivity contribution in [3.63, 3.8) is 0 Å². The molecule has 0 fully saturated rings. The molecule has 1 aromatic carbocycles. The predicted octanol–water partition coefficient (Wildman–Crippen LogP) is 3.56. The molecule has 2 rings (SSSR count). The summed E-state index contributed by atoms with van der Waals surface area (Å²) >= 11 is 5.83. The number of nitro groups is 1. The summed E-state index contributed by atoms with van der Waals surface area (Å²) in [7, 11) is 0. The van der Waals surface area contributed by atoms with Crippen LogP contribution in [0.15, 0.2) is 36.5 Å². The highest BCUT2D eigenvalue weighted by molar-refractivity contribution is 6.32. The summed E-state index contributed by atoms with van der Waals surface area (Å²) in [5.74, 6) is 0. The van der Waals surface area contributed by atoms with Gasteiger partial charge in [0.2, 0.25) is 0 Å². The molecule has 5 nitrogen and oxygen atoms in total. The number of hydrogen-bond donors (Lipinski definition) is 1. The zero-order valence-corrected chi connectivity index (χ0v) is 11.0. The van der Waals surface area contributed by atoms with Gasteiger partial charge in [0.1, 0.15) is 5.02 Å². The number of nitrogens with one attached hydrogen (secondary N) is 1. The van der Waals surface area contributed by atoms with Crippen molar-refractivity contribution in [2.24, 2.45) is 0 Å². The number of benzene rings is 1. The molecule has 0 unspecified atom stereocenters. The summed E-state index contributed by atoms with van der Waals surface area (Å²) < 4.78 is 0. The van der Waals surface area contributed by atoms with Gasteiger partial charge in [-0.25, -0.2) is 0 Å². The zero-order chi connectivity index (χ0) is 13.8. The number of pyridine rings is 1. The quantitative estimate of drug-likeness (QED) is 0.685. The number of aromatic nitrogens is 1. The van der Waals surface area contributed by atoms with Crippen LogP contribution in [0, 0.1) is 17.0 Å². The highest BCUT2D eigenvalue weighted by Gasteiger charge is 2.11. The Morgan fingerprint density at radius 2 is 2.16 bits per heavy atom. The van der Waals surface area contributed by atoms with Gasteiger partial charge in [-0.2, -0.15) is 0 Å². The van der Waals surface area contributed by atoms with Crippen molar-refractivity contribution >= 4 is 23.0 Å². The van der Waals surface area contributed by atoms with E-state index in [9.17, 15) is 10.1 Å². The van der Waals surface area contributed by atoms with E-state index >= 15 is 0 Å². The van der Waals surface area contributed by atoms with Crippen LogP contribution in [0.1, 0.15) is 11.3 Å². The van der Waals surface area contributed by atoms with Gasteiger partial charge >= 0.3 is 0 Å². The number of nitrogens with zero attached hydrogens (tertiary/aromatic N) is 2. The second-order valence-corrected chi connectivity index (χ2v) is 4.51. The Labute approximate surface area is 115 Å². The van der Waals surface area contributed by atoms with Crippen molar-refractivity contribution in [1.29, 1.82) is 0 Å². The van der Waals surface area contributed by atoms with E-state index in [0.29, 0.717) is 6.54 Å². The highest BCUT2D eigenvalue weighted by atomic mass is 35.5. The second kappa shape index (κ2) is 5.67. The fourth-order valence-corrected chi connectivity index (χ4v) is 1.81. The van der Waals surface area contributed by atoms with Crippen LogP contribution in [0.2, 0.25) is 5.02 Å². The maximum absolute atomic E-state index is 10.6. The number of aryl methyl sites for hydroxylation is 1. The van der Waals surface area contributed by atoms with Crippen molar-refractivity contribution < 1.29 is 4.92 Å². The highest BCUT2D eigenvalue weighted by Crippen LogP contribution is 2.27. The van der Waals surface area contributed by atoms with Gasteiger partial charge < -0.3 is 5.32 Å². The molecular formula is C13H12ClN3O2. The number of nitro benzene ring substituents is 1. The van der Waals surface area contributed by atoms with Crippen molar-refractivity contribution in [3.05, 3.63) is 62.9 Å². The van der Waals surface area contributed by atoms with Crippen LogP contribution in [-0.4, -0.2) is 9.91 Å². The lowest BCUT2D eigenvalue weighted by Crippen LogP contribution is -2.01. The van der Waals surface area contributed by atoms with Gasteiger partial charge in [-0.3, -0.25) is 15.1 Å². The van der Waals surface area contributed by atoms with Gasteiger partial charge in [0, 0.05) is 18.0 Å². The molecule has 98 valence electrons. The Balaban J connectivity index is 2.06. The van der Waals surface area contributed by atoms with E-state index in [0.717, 1.165) is 16.9 Å². The van der Waals surface area contributed by atoms with E-state index in [1.807, 2.05) is 19.1 Å². The van der Waals surface area contributed by atoms with Crippen LogP contribution in [0.25, 0.3) is 0 Å². The maximum Gasteiger partial charge on any atom is 0.288 e. The third-order valence-electron chi connectivity index (χ3n) is 2.59. The molecule has 0 bridgehead atoms. The van der Waals surface area contributed by atoms with Gasteiger partial charge in [-0.1, -0.05) is 17.7 Å². The molecule has 0 atom stereocenters. The fraction of sp³-hybridized carbons (Fsp3) is 0.154. The number of hydrogen-bond acceptors (Lipinski definition) is 4. The van der Waals surface area contributed by atoms with Gasteiger partial charge in [0.25, 0.3) is 5.69 Å². The standard InChI is InChI=1S/C13H12ClN3O2/c1-9-2-3-11(15-7-9)8-16-10-4-5-13(17(18)19)12(14)6-10/h2-7,16H,8H2,1H3. The van der Waals surface area contributed by atoms with Gasteiger partial charge in [0.05, 0.1) is 17.2 Å². The molecule has 0 aliphatic carbocycles. The first-order valence-electron chi connectivity index (χ1n) is 5.65. The van der Waals surface area contributed by atoms with E-state index in [4.69, 9.17) is 11.6 Å². The summed E-state index contributed by atoms with van der Waals surface area (Å²) in [6.07, 6.45) is 1.79. The third kappa shape index (κ3) is 3.42. The molecule has 19 heavy (non-hydrogen) atoms. The predicted molar refractivity (Wildman–Crippen MR) is 74.4 cm³/mol. The molecule has 0 radical (unpaired) electrons. The Hall–Kier alpha value is -2.14. The summed E-state index contributed by atoms with van der Waals surface area (Å²) in [5, 5.41) is 13.9. The summed E-state index contributed by atoms with van der Waals surface area (Å²) in [6.45, 7) is 2.51. The average molecular weight is 278 g/mol. The van der Waals surface area contributed by atoms with Crippen LogP contribution >= 0.6 is 11.6 Å². The van der Waals surface area contributed by atoms with E-state index in [1.165, 1.54) is 12.1 Å². The number of anilines is 1. The third-order valence-corrected chi connectivity index (χ3v) is 2.89. The van der Waals surface area contributed by atoms with Crippen LogP contribution < -0.4 is 5.32 Å². The van der Waals surface area contributed by atoms with Crippen molar-refractivity contribution in [2.75, 3.05) is 5.32 Å². The molecule has 1 N–H and O–H groups in total. The molecule has 0 saturated carbocycles. The molecule has 0 saturated heterocycles. The maximum atomic E-state index is 10.6. The normalized spacial score (nSPS) is 10.2. The monoisotopic (exact) mass is 277 g/mol. The molecular weight excluding hydrogens is 266 g/mol. The average Bonchev–Trinajstić information content (AvgIpc) is 2.37. The van der Waals surface area contributed by atoms with Gasteiger partial charge in [0.15, 0.2) is 0 Å². The molecule has 0 aliphatic rings. The molecule has 0 amide bonds. The Morgan fingerprint density at radius 1 is 1.37 bits per heavy atom. The number of rotatable bonds is 4. The topological polar surface area (TPSA) is 68.1 Å². The van der Waals surface area contributed by atoms with Gasteiger partial charge in [-0.15, -0.1) is 0 Å². The lowest BCUT2D eigenvalue weighted by Gasteiger charge is -2.06.